The van der Waals surface area contributed by atoms with Crippen molar-refractivity contribution < 1.29 is 9.59 Å². The number of imide groups is 1. The molecule has 9 heteroatoms. The molecule has 1 aliphatic rings. The fourth-order valence-electron chi connectivity index (χ4n) is 4.25. The minimum atomic E-state index is -0.282. The third kappa shape index (κ3) is 3.05. The highest BCUT2D eigenvalue weighted by molar-refractivity contribution is 7.99. The van der Waals surface area contributed by atoms with Crippen molar-refractivity contribution in [2.75, 3.05) is 12.3 Å². The van der Waals surface area contributed by atoms with Gasteiger partial charge in [0.15, 0.2) is 5.16 Å². The zero-order chi connectivity index (χ0) is 23.2. The lowest BCUT2D eigenvalue weighted by Gasteiger charge is -2.13. The highest BCUT2D eigenvalue weighted by Crippen LogP contribution is 2.26. The number of benzene rings is 3. The zero-order valence-electron chi connectivity index (χ0n) is 17.8. The van der Waals surface area contributed by atoms with Crippen LogP contribution in [0.15, 0.2) is 88.8 Å². The number of thioether (sulfide) groups is 1. The van der Waals surface area contributed by atoms with Crippen molar-refractivity contribution in [3.05, 3.63) is 100 Å². The maximum Gasteiger partial charge on any atom is 0.267 e. The summed E-state index contributed by atoms with van der Waals surface area (Å²) in [5, 5.41) is 9.79. The number of hydrogen-bond acceptors (Lipinski definition) is 6. The highest BCUT2D eigenvalue weighted by atomic mass is 32.2. The summed E-state index contributed by atoms with van der Waals surface area (Å²) in [6.07, 6.45) is 0. The summed E-state index contributed by atoms with van der Waals surface area (Å²) >= 11 is 1.38. The number of hydrogen-bond donors (Lipinski definition) is 0. The molecule has 0 saturated carbocycles. The molecule has 3 aromatic carbocycles. The number of para-hydroxylation sites is 2. The van der Waals surface area contributed by atoms with Gasteiger partial charge in [-0.1, -0.05) is 54.2 Å². The van der Waals surface area contributed by atoms with E-state index in [0.29, 0.717) is 44.4 Å². The molecular weight excluding hydrogens is 450 g/mol. The van der Waals surface area contributed by atoms with Crippen molar-refractivity contribution in [1.29, 1.82) is 0 Å². The molecule has 0 spiro atoms. The molecular formula is C25H17N5O3S. The second-order valence-electron chi connectivity index (χ2n) is 7.77. The van der Waals surface area contributed by atoms with E-state index in [4.69, 9.17) is 0 Å². The van der Waals surface area contributed by atoms with E-state index in [-0.39, 0.29) is 23.9 Å². The van der Waals surface area contributed by atoms with Crippen molar-refractivity contribution in [2.24, 2.45) is 0 Å². The Balaban J connectivity index is 1.37. The summed E-state index contributed by atoms with van der Waals surface area (Å²) in [4.78, 5) is 39.9. The first kappa shape index (κ1) is 20.4. The fourth-order valence-corrected chi connectivity index (χ4v) is 5.12. The van der Waals surface area contributed by atoms with E-state index in [9.17, 15) is 14.4 Å². The van der Waals surface area contributed by atoms with Crippen LogP contribution in [0.2, 0.25) is 0 Å². The molecule has 5 aromatic rings. The average molecular weight is 468 g/mol. The predicted molar refractivity (Wildman–Crippen MR) is 129 cm³/mol. The smallest absolute Gasteiger partial charge is 0.267 e. The van der Waals surface area contributed by atoms with Crippen LogP contribution >= 0.6 is 11.8 Å². The lowest BCUT2D eigenvalue weighted by Crippen LogP contribution is -2.31. The number of nitrogens with zero attached hydrogens (tertiary/aromatic N) is 5. The van der Waals surface area contributed by atoms with Gasteiger partial charge < -0.3 is 0 Å². The Hall–Kier alpha value is -4.24. The second-order valence-corrected chi connectivity index (χ2v) is 8.83. The number of aromatic nitrogens is 4. The monoisotopic (exact) mass is 467 g/mol. The molecule has 2 amide bonds. The largest absolute Gasteiger partial charge is 0.273 e. The van der Waals surface area contributed by atoms with E-state index in [1.807, 2.05) is 52.9 Å². The third-order valence-electron chi connectivity index (χ3n) is 5.83. The number of carbonyl (C=O) groups excluding carboxylic acids is 2. The van der Waals surface area contributed by atoms with Crippen molar-refractivity contribution >= 4 is 40.3 Å². The standard InChI is InChI=1S/C25H17N5O3S/c31-21-17-10-4-5-11-18(17)22(32)28(21)14-15-34-25-27-26-24-29(16-8-2-1-3-9-16)23(33)19-12-6-7-13-20(19)30(24)25/h1-13H,14-15H2. The summed E-state index contributed by atoms with van der Waals surface area (Å²) in [7, 11) is 0. The number of fused-ring (bicyclic) bond motifs is 4. The average Bonchev–Trinajstić information content (AvgIpc) is 3.40. The van der Waals surface area contributed by atoms with Gasteiger partial charge in [0.1, 0.15) is 0 Å². The van der Waals surface area contributed by atoms with Crippen LogP contribution in [0.5, 0.6) is 0 Å². The molecule has 1 aliphatic heterocycles. The summed E-state index contributed by atoms with van der Waals surface area (Å²) in [6, 6.07) is 23.5. The van der Waals surface area contributed by atoms with Crippen LogP contribution in [0.4, 0.5) is 0 Å². The van der Waals surface area contributed by atoms with Gasteiger partial charge in [-0.15, -0.1) is 10.2 Å². The van der Waals surface area contributed by atoms with E-state index in [1.54, 1.807) is 34.9 Å². The van der Waals surface area contributed by atoms with Crippen LogP contribution in [0.25, 0.3) is 22.4 Å². The molecule has 0 saturated heterocycles. The Labute approximate surface area is 197 Å². The van der Waals surface area contributed by atoms with Gasteiger partial charge in [-0.25, -0.2) is 4.57 Å². The summed E-state index contributed by atoms with van der Waals surface area (Å²) in [5.41, 5.74) is 2.08. The minimum absolute atomic E-state index is 0.177. The SMILES string of the molecule is O=C1c2ccccc2C(=O)N1CCSc1nnc2n(-c3ccccc3)c(=O)c3ccccc3n12. The molecule has 0 radical (unpaired) electrons. The molecule has 166 valence electrons. The normalized spacial score (nSPS) is 13.2. The van der Waals surface area contributed by atoms with Crippen molar-refractivity contribution in [3.8, 4) is 5.69 Å². The minimum Gasteiger partial charge on any atom is -0.273 e. The fraction of sp³-hybridized carbons (Fsp3) is 0.0800. The lowest BCUT2D eigenvalue weighted by atomic mass is 10.1. The molecule has 0 fully saturated rings. The Bertz CT molecular complexity index is 1620. The van der Waals surface area contributed by atoms with E-state index in [1.165, 1.54) is 16.7 Å². The molecule has 0 aliphatic carbocycles. The van der Waals surface area contributed by atoms with Crippen molar-refractivity contribution in [3.63, 3.8) is 0 Å². The first-order valence-electron chi connectivity index (χ1n) is 10.7. The number of rotatable bonds is 5. The summed E-state index contributed by atoms with van der Waals surface area (Å²) in [5.74, 6) is 0.273. The van der Waals surface area contributed by atoms with Crippen molar-refractivity contribution in [2.45, 2.75) is 5.16 Å². The van der Waals surface area contributed by atoms with Gasteiger partial charge in [0.05, 0.1) is 27.7 Å². The maximum absolute atomic E-state index is 13.3. The summed E-state index contributed by atoms with van der Waals surface area (Å²) in [6.45, 7) is 0.238. The van der Waals surface area contributed by atoms with Gasteiger partial charge in [-0.3, -0.25) is 23.7 Å². The Morgan fingerprint density at radius 3 is 2.12 bits per heavy atom. The van der Waals surface area contributed by atoms with Crippen LogP contribution in [0.1, 0.15) is 20.7 Å². The van der Waals surface area contributed by atoms with Gasteiger partial charge in [0.2, 0.25) is 5.78 Å². The van der Waals surface area contributed by atoms with Gasteiger partial charge in [0.25, 0.3) is 17.4 Å². The maximum atomic E-state index is 13.3. The van der Waals surface area contributed by atoms with E-state index in [2.05, 4.69) is 10.2 Å². The Morgan fingerprint density at radius 2 is 1.38 bits per heavy atom. The Kier molecular flexibility index (Phi) is 4.77. The molecule has 6 rings (SSSR count). The predicted octanol–water partition coefficient (Wildman–Crippen LogP) is 3.42. The first-order chi connectivity index (χ1) is 16.6. The Morgan fingerprint density at radius 1 is 0.735 bits per heavy atom. The van der Waals surface area contributed by atoms with Gasteiger partial charge in [-0.2, -0.15) is 0 Å². The number of amides is 2. The summed E-state index contributed by atoms with van der Waals surface area (Å²) < 4.78 is 3.39. The zero-order valence-corrected chi connectivity index (χ0v) is 18.6. The first-order valence-corrected chi connectivity index (χ1v) is 11.7. The quantitative estimate of drug-likeness (QED) is 0.291. The molecule has 0 N–H and O–H groups in total. The number of carbonyl (C=O) groups is 2. The molecule has 0 unspecified atom stereocenters. The van der Waals surface area contributed by atoms with Gasteiger partial charge in [0, 0.05) is 12.3 Å². The van der Waals surface area contributed by atoms with Crippen LogP contribution in [0.3, 0.4) is 0 Å². The molecule has 34 heavy (non-hydrogen) atoms. The van der Waals surface area contributed by atoms with Crippen LogP contribution in [-0.4, -0.2) is 48.2 Å². The molecule has 0 bridgehead atoms. The van der Waals surface area contributed by atoms with E-state index < -0.39 is 0 Å². The van der Waals surface area contributed by atoms with Crippen LogP contribution in [-0.2, 0) is 0 Å². The lowest BCUT2D eigenvalue weighted by molar-refractivity contribution is 0.0664. The highest BCUT2D eigenvalue weighted by Gasteiger charge is 2.34. The molecule has 8 nitrogen and oxygen atoms in total. The second kappa shape index (κ2) is 7.96. The van der Waals surface area contributed by atoms with Gasteiger partial charge >= 0.3 is 0 Å². The molecule has 0 atom stereocenters. The van der Waals surface area contributed by atoms with E-state index in [0.717, 1.165) is 0 Å². The van der Waals surface area contributed by atoms with Crippen LogP contribution in [0, 0.1) is 0 Å². The van der Waals surface area contributed by atoms with Crippen molar-refractivity contribution in [1.82, 2.24) is 24.1 Å². The van der Waals surface area contributed by atoms with Crippen LogP contribution < -0.4 is 5.56 Å². The third-order valence-corrected chi connectivity index (χ3v) is 6.74. The van der Waals surface area contributed by atoms with E-state index >= 15 is 0 Å². The van der Waals surface area contributed by atoms with Gasteiger partial charge in [-0.05, 0) is 36.4 Å². The topological polar surface area (TPSA) is 89.6 Å². The molecule has 2 aromatic heterocycles. The molecule has 3 heterocycles.